The van der Waals surface area contributed by atoms with Crippen molar-refractivity contribution in [2.45, 2.75) is 40.9 Å². The molecule has 1 aliphatic carbocycles. The minimum atomic E-state index is -3.42. The molecule has 5 nitrogen and oxygen atoms in total. The summed E-state index contributed by atoms with van der Waals surface area (Å²) in [6.07, 6.45) is 2.02. The lowest BCUT2D eigenvalue weighted by Crippen LogP contribution is -2.51. The van der Waals surface area contributed by atoms with Gasteiger partial charge in [0, 0.05) is 13.1 Å². The van der Waals surface area contributed by atoms with E-state index >= 15 is 0 Å². The van der Waals surface area contributed by atoms with E-state index in [1.165, 1.54) is 29.8 Å². The fourth-order valence-corrected chi connectivity index (χ4v) is 6.11. The van der Waals surface area contributed by atoms with Crippen LogP contribution < -0.4 is 0 Å². The number of nitrogens with zero attached hydrogens (tertiary/aromatic N) is 1. The van der Waals surface area contributed by atoms with Crippen LogP contribution in [0.5, 0.6) is 5.75 Å². The smallest absolute Gasteiger partial charge is 0.182 e. The molecule has 1 heterocycles. The van der Waals surface area contributed by atoms with Crippen LogP contribution in [0.4, 0.5) is 0 Å². The van der Waals surface area contributed by atoms with Crippen molar-refractivity contribution in [2.24, 2.45) is 0 Å². The third-order valence-electron chi connectivity index (χ3n) is 5.87. The Labute approximate surface area is 160 Å². The molecule has 2 aromatic carbocycles. The second kappa shape index (κ2) is 6.93. The van der Waals surface area contributed by atoms with E-state index in [9.17, 15) is 18.6 Å². The molecular formula is C21H25NO4S. The van der Waals surface area contributed by atoms with E-state index in [0.29, 0.717) is 32.0 Å². The van der Waals surface area contributed by atoms with Gasteiger partial charge in [0.05, 0.1) is 15.7 Å². The number of likely N-dealkylation sites (tertiary alicyclic amines) is 1. The van der Waals surface area contributed by atoms with Crippen molar-refractivity contribution < 1.29 is 18.6 Å². The van der Waals surface area contributed by atoms with Crippen LogP contribution in [0.15, 0.2) is 59.5 Å². The van der Waals surface area contributed by atoms with Gasteiger partial charge in [0.25, 0.3) is 0 Å². The standard InChI is InChI=1S/C21H25NO4S/c23-18-6-8-19(9-7-18)27(25,26)20-10-11-22(14-20)15-21(24)12-17(13-21)16-4-2-1-3-5-16/h1-9,17,20,23-24H,10-15H2/t17?,20-,21?/m0/s1. The van der Waals surface area contributed by atoms with Crippen LogP contribution in [0.25, 0.3) is 0 Å². The second-order valence-electron chi connectivity index (χ2n) is 7.92. The van der Waals surface area contributed by atoms with E-state index < -0.39 is 20.7 Å². The number of sulfone groups is 1. The first kappa shape index (κ1) is 18.5. The number of phenolic OH excluding ortho intramolecular Hbond substituents is 1. The lowest BCUT2D eigenvalue weighted by atomic mass is 9.67. The molecule has 6 heteroatoms. The molecule has 144 valence electrons. The zero-order valence-corrected chi connectivity index (χ0v) is 16.0. The summed E-state index contributed by atoms with van der Waals surface area (Å²) in [4.78, 5) is 2.32. The third-order valence-corrected chi connectivity index (χ3v) is 8.07. The van der Waals surface area contributed by atoms with Crippen molar-refractivity contribution in [1.29, 1.82) is 0 Å². The van der Waals surface area contributed by atoms with Crippen LogP contribution in [0.3, 0.4) is 0 Å². The van der Waals surface area contributed by atoms with E-state index in [-0.39, 0.29) is 10.6 Å². The first-order valence-corrected chi connectivity index (χ1v) is 10.9. The van der Waals surface area contributed by atoms with E-state index in [2.05, 4.69) is 17.0 Å². The summed E-state index contributed by atoms with van der Waals surface area (Å²) < 4.78 is 25.6. The zero-order valence-electron chi connectivity index (χ0n) is 15.2. The van der Waals surface area contributed by atoms with Crippen molar-refractivity contribution in [3.8, 4) is 5.75 Å². The molecular weight excluding hydrogens is 362 g/mol. The first-order chi connectivity index (χ1) is 12.9. The Bertz CT molecular complexity index is 890. The molecule has 2 fully saturated rings. The molecule has 2 aliphatic rings. The average molecular weight is 388 g/mol. The molecule has 27 heavy (non-hydrogen) atoms. The van der Waals surface area contributed by atoms with Crippen molar-refractivity contribution in [3.63, 3.8) is 0 Å². The monoisotopic (exact) mass is 387 g/mol. The number of aliphatic hydroxyl groups is 1. The lowest BCUT2D eigenvalue weighted by molar-refractivity contribution is -0.0686. The highest BCUT2D eigenvalue weighted by Crippen LogP contribution is 2.45. The van der Waals surface area contributed by atoms with Crippen LogP contribution in [0, 0.1) is 0 Å². The Hall–Kier alpha value is -1.89. The highest BCUT2D eigenvalue weighted by atomic mass is 32.2. The summed E-state index contributed by atoms with van der Waals surface area (Å²) >= 11 is 0. The number of rotatable bonds is 5. The maximum Gasteiger partial charge on any atom is 0.182 e. The predicted octanol–water partition coefficient (Wildman–Crippen LogP) is 2.55. The molecule has 1 aliphatic heterocycles. The summed E-state index contributed by atoms with van der Waals surface area (Å²) in [6.45, 7) is 1.65. The molecule has 0 unspecified atom stereocenters. The number of phenols is 1. The molecule has 0 radical (unpaired) electrons. The molecule has 0 aromatic heterocycles. The van der Waals surface area contributed by atoms with E-state index in [4.69, 9.17) is 0 Å². The molecule has 1 atom stereocenters. The van der Waals surface area contributed by atoms with Gasteiger partial charge in [-0.2, -0.15) is 0 Å². The summed E-state index contributed by atoms with van der Waals surface area (Å²) in [7, 11) is -3.42. The van der Waals surface area contributed by atoms with Gasteiger partial charge < -0.3 is 10.2 Å². The summed E-state index contributed by atoms with van der Waals surface area (Å²) in [5.41, 5.74) is 0.536. The number of aromatic hydroxyl groups is 1. The van der Waals surface area contributed by atoms with E-state index in [1.54, 1.807) is 0 Å². The Balaban J connectivity index is 1.36. The number of β-amino-alcohol motifs (C(OH)–C–C–N with tert-alkyl or cyclic N) is 1. The fraction of sp³-hybridized carbons (Fsp3) is 0.429. The molecule has 1 saturated heterocycles. The van der Waals surface area contributed by atoms with Gasteiger partial charge in [-0.15, -0.1) is 0 Å². The van der Waals surface area contributed by atoms with Crippen LogP contribution in [-0.2, 0) is 9.84 Å². The van der Waals surface area contributed by atoms with E-state index in [1.807, 2.05) is 18.2 Å². The van der Waals surface area contributed by atoms with Crippen molar-refractivity contribution in [2.75, 3.05) is 19.6 Å². The Morgan fingerprint density at radius 3 is 2.37 bits per heavy atom. The topological polar surface area (TPSA) is 77.8 Å². The maximum absolute atomic E-state index is 12.8. The van der Waals surface area contributed by atoms with Gasteiger partial charge in [-0.3, -0.25) is 4.90 Å². The Morgan fingerprint density at radius 1 is 1.04 bits per heavy atom. The Kier molecular flexibility index (Phi) is 4.74. The average Bonchev–Trinajstić information content (AvgIpc) is 3.10. The van der Waals surface area contributed by atoms with Gasteiger partial charge in [-0.05, 0) is 61.6 Å². The number of hydrogen-bond acceptors (Lipinski definition) is 5. The van der Waals surface area contributed by atoms with Crippen LogP contribution in [0.2, 0.25) is 0 Å². The van der Waals surface area contributed by atoms with Gasteiger partial charge in [-0.1, -0.05) is 30.3 Å². The molecule has 4 rings (SSSR count). The normalized spacial score (nSPS) is 28.8. The maximum atomic E-state index is 12.8. The van der Waals surface area contributed by atoms with Gasteiger partial charge in [0.1, 0.15) is 5.75 Å². The fourth-order valence-electron chi connectivity index (χ4n) is 4.39. The van der Waals surface area contributed by atoms with Crippen LogP contribution >= 0.6 is 0 Å². The van der Waals surface area contributed by atoms with Gasteiger partial charge >= 0.3 is 0 Å². The second-order valence-corrected chi connectivity index (χ2v) is 10.2. The first-order valence-electron chi connectivity index (χ1n) is 9.38. The van der Waals surface area contributed by atoms with Crippen molar-refractivity contribution in [3.05, 3.63) is 60.2 Å². The minimum absolute atomic E-state index is 0.0576. The highest BCUT2D eigenvalue weighted by molar-refractivity contribution is 7.92. The largest absolute Gasteiger partial charge is 0.508 e. The van der Waals surface area contributed by atoms with Gasteiger partial charge in [0.2, 0.25) is 0 Å². The zero-order chi connectivity index (χ0) is 19.1. The van der Waals surface area contributed by atoms with Crippen LogP contribution in [-0.4, -0.2) is 54.0 Å². The molecule has 1 saturated carbocycles. The van der Waals surface area contributed by atoms with Crippen molar-refractivity contribution in [1.82, 2.24) is 4.90 Å². The lowest BCUT2D eigenvalue weighted by Gasteiger charge is -2.46. The molecule has 0 bridgehead atoms. The highest BCUT2D eigenvalue weighted by Gasteiger charge is 2.46. The predicted molar refractivity (Wildman–Crippen MR) is 104 cm³/mol. The SMILES string of the molecule is O=S(=O)(c1ccc(O)cc1)[C@H]1CCN(CC2(O)CC(c3ccccc3)C2)C1. The quantitative estimate of drug-likeness (QED) is 0.824. The summed E-state index contributed by atoms with van der Waals surface area (Å²) in [5, 5.41) is 19.7. The Morgan fingerprint density at radius 2 is 1.70 bits per heavy atom. The van der Waals surface area contributed by atoms with Gasteiger partial charge in [-0.25, -0.2) is 8.42 Å². The molecule has 0 amide bonds. The van der Waals surface area contributed by atoms with Gasteiger partial charge in [0.15, 0.2) is 9.84 Å². The summed E-state index contributed by atoms with van der Waals surface area (Å²) in [6, 6.07) is 15.9. The summed E-state index contributed by atoms with van der Waals surface area (Å²) in [5.74, 6) is 0.442. The number of benzene rings is 2. The molecule has 2 aromatic rings. The van der Waals surface area contributed by atoms with Crippen molar-refractivity contribution >= 4 is 9.84 Å². The molecule has 2 N–H and O–H groups in total. The molecule has 0 spiro atoms. The van der Waals surface area contributed by atoms with E-state index in [0.717, 1.165) is 12.8 Å². The third kappa shape index (κ3) is 3.74. The van der Waals surface area contributed by atoms with Crippen LogP contribution in [0.1, 0.15) is 30.7 Å². The minimum Gasteiger partial charge on any atom is -0.508 e. The number of hydrogen-bond donors (Lipinski definition) is 2.